The average molecular weight is 231 g/mol. The van der Waals surface area contributed by atoms with Crippen LogP contribution in [-0.2, 0) is 0 Å². The molecule has 0 amide bonds. The van der Waals surface area contributed by atoms with Gasteiger partial charge in [0.2, 0.25) is 0 Å². The Morgan fingerprint density at radius 3 is 2.64 bits per heavy atom. The molecular formula is C7H4Cl2N4O. The zero-order chi connectivity index (χ0) is 10.6. The molecule has 0 aliphatic heterocycles. The lowest BCUT2D eigenvalue weighted by Crippen LogP contribution is -1.96. The first-order valence-electron chi connectivity index (χ1n) is 3.41. The fourth-order valence-corrected chi connectivity index (χ4v) is 1.33. The summed E-state index contributed by atoms with van der Waals surface area (Å²) in [7, 11) is 0. The molecule has 0 aromatic heterocycles. The van der Waals surface area contributed by atoms with Gasteiger partial charge in [-0.15, -0.1) is 0 Å². The summed E-state index contributed by atoms with van der Waals surface area (Å²) in [5.74, 6) is -0.200. The number of halogens is 2. The van der Waals surface area contributed by atoms with Gasteiger partial charge in [0.25, 0.3) is 0 Å². The van der Waals surface area contributed by atoms with E-state index < -0.39 is 0 Å². The molecule has 0 aliphatic carbocycles. The first-order valence-corrected chi connectivity index (χ1v) is 4.17. The molecule has 0 bridgehead atoms. The Labute approximate surface area is 89.2 Å². The van der Waals surface area contributed by atoms with Crippen molar-refractivity contribution in [3.8, 4) is 0 Å². The predicted molar refractivity (Wildman–Crippen MR) is 53.9 cm³/mol. The Morgan fingerprint density at radius 1 is 1.43 bits per heavy atom. The number of oxime groups is 1. The summed E-state index contributed by atoms with van der Waals surface area (Å²) in [5, 5.41) is 15.2. The van der Waals surface area contributed by atoms with Gasteiger partial charge >= 0.3 is 0 Å². The molecular weight excluding hydrogens is 227 g/mol. The first kappa shape index (κ1) is 10.7. The summed E-state index contributed by atoms with van der Waals surface area (Å²) in [6, 6.07) is 4.49. The Morgan fingerprint density at radius 2 is 2.14 bits per heavy atom. The zero-order valence-electron chi connectivity index (χ0n) is 6.72. The monoisotopic (exact) mass is 230 g/mol. The quantitative estimate of drug-likeness (QED) is 0.150. The maximum atomic E-state index is 8.54. The van der Waals surface area contributed by atoms with Crippen LogP contribution in [0, 0.1) is 0 Å². The van der Waals surface area contributed by atoms with Crippen molar-refractivity contribution in [1.29, 1.82) is 0 Å². The molecule has 0 spiro atoms. The molecule has 1 aromatic rings. The topological polar surface area (TPSA) is 81.4 Å². The molecule has 0 saturated heterocycles. The fraction of sp³-hybridized carbons (Fsp3) is 0. The van der Waals surface area contributed by atoms with Gasteiger partial charge < -0.3 is 5.21 Å². The van der Waals surface area contributed by atoms with Gasteiger partial charge in [0.15, 0.2) is 5.84 Å². The van der Waals surface area contributed by atoms with Crippen LogP contribution in [0.1, 0.15) is 5.56 Å². The van der Waals surface area contributed by atoms with Gasteiger partial charge in [0.1, 0.15) is 0 Å². The molecule has 1 aromatic carbocycles. The molecule has 0 atom stereocenters. The summed E-state index contributed by atoms with van der Waals surface area (Å²) in [6.07, 6.45) is 0. The van der Waals surface area contributed by atoms with Crippen molar-refractivity contribution in [3.63, 3.8) is 0 Å². The van der Waals surface area contributed by atoms with Crippen molar-refractivity contribution in [3.05, 3.63) is 44.3 Å². The zero-order valence-corrected chi connectivity index (χ0v) is 8.24. The molecule has 0 aliphatic rings. The van der Waals surface area contributed by atoms with E-state index in [1.807, 2.05) is 0 Å². The second kappa shape index (κ2) is 4.72. The van der Waals surface area contributed by atoms with Crippen molar-refractivity contribution < 1.29 is 5.21 Å². The van der Waals surface area contributed by atoms with E-state index in [0.717, 1.165) is 0 Å². The highest BCUT2D eigenvalue weighted by molar-refractivity contribution is 6.37. The van der Waals surface area contributed by atoms with Gasteiger partial charge in [0.05, 0.1) is 5.02 Å². The normalized spacial score (nSPS) is 10.9. The third kappa shape index (κ3) is 2.29. The predicted octanol–water partition coefficient (Wildman–Crippen LogP) is 3.44. The maximum absolute atomic E-state index is 8.54. The van der Waals surface area contributed by atoms with Crippen LogP contribution in [0.15, 0.2) is 28.5 Å². The van der Waals surface area contributed by atoms with Crippen LogP contribution in [0.4, 0.5) is 0 Å². The molecule has 0 unspecified atom stereocenters. The van der Waals surface area contributed by atoms with Crippen molar-refractivity contribution >= 4 is 29.0 Å². The van der Waals surface area contributed by atoms with Crippen LogP contribution in [0.25, 0.3) is 10.4 Å². The van der Waals surface area contributed by atoms with E-state index >= 15 is 0 Å². The number of nitrogens with zero attached hydrogens (tertiary/aromatic N) is 4. The Balaban J connectivity index is 3.25. The van der Waals surface area contributed by atoms with Gasteiger partial charge in [-0.05, 0) is 28.8 Å². The third-order valence-corrected chi connectivity index (χ3v) is 1.95. The van der Waals surface area contributed by atoms with Crippen molar-refractivity contribution in [2.24, 2.45) is 10.3 Å². The largest absolute Gasteiger partial charge is 0.410 e. The minimum absolute atomic E-state index is 0.200. The number of benzene rings is 1. The van der Waals surface area contributed by atoms with E-state index in [-0.39, 0.29) is 10.9 Å². The maximum Gasteiger partial charge on any atom is 0.174 e. The summed E-state index contributed by atoms with van der Waals surface area (Å²) in [4.78, 5) is 2.49. The Kier molecular flexibility index (Phi) is 3.59. The SMILES string of the molecule is [N-]=[N+]=N/C(=N\O)c1ccc(Cl)cc1Cl. The lowest BCUT2D eigenvalue weighted by atomic mass is 10.2. The number of azide groups is 1. The molecule has 0 radical (unpaired) electrons. The fourth-order valence-electron chi connectivity index (χ4n) is 0.841. The molecule has 72 valence electrons. The van der Waals surface area contributed by atoms with E-state index in [9.17, 15) is 0 Å². The molecule has 0 fully saturated rings. The van der Waals surface area contributed by atoms with Gasteiger partial charge in [-0.3, -0.25) is 0 Å². The minimum atomic E-state index is -0.200. The number of amidine groups is 1. The van der Waals surface area contributed by atoms with Crippen LogP contribution in [0.2, 0.25) is 10.0 Å². The highest BCUT2D eigenvalue weighted by Crippen LogP contribution is 2.21. The highest BCUT2D eigenvalue weighted by Gasteiger charge is 2.07. The second-order valence-corrected chi connectivity index (χ2v) is 3.08. The summed E-state index contributed by atoms with van der Waals surface area (Å²) in [6.45, 7) is 0. The van der Waals surface area contributed by atoms with E-state index in [1.54, 1.807) is 6.07 Å². The van der Waals surface area contributed by atoms with Crippen LogP contribution in [0.3, 0.4) is 0 Å². The lowest BCUT2D eigenvalue weighted by Gasteiger charge is -2.01. The molecule has 1 rings (SSSR count). The molecule has 1 N–H and O–H groups in total. The Hall–Kier alpha value is -1.42. The summed E-state index contributed by atoms with van der Waals surface area (Å²) in [5.41, 5.74) is 8.49. The van der Waals surface area contributed by atoms with Crippen LogP contribution < -0.4 is 0 Å². The molecule has 0 saturated carbocycles. The Bertz CT molecular complexity index is 426. The van der Waals surface area contributed by atoms with Crippen LogP contribution in [-0.4, -0.2) is 11.0 Å². The summed E-state index contributed by atoms with van der Waals surface area (Å²) < 4.78 is 0. The lowest BCUT2D eigenvalue weighted by molar-refractivity contribution is 0.318. The van der Waals surface area contributed by atoms with Gasteiger partial charge in [-0.2, -0.15) is 0 Å². The van der Waals surface area contributed by atoms with Gasteiger partial charge in [0, 0.05) is 15.5 Å². The molecule has 7 heteroatoms. The van der Waals surface area contributed by atoms with Gasteiger partial charge in [-0.1, -0.05) is 28.4 Å². The van der Waals surface area contributed by atoms with Crippen LogP contribution >= 0.6 is 23.2 Å². The minimum Gasteiger partial charge on any atom is -0.410 e. The third-order valence-electron chi connectivity index (χ3n) is 1.41. The van der Waals surface area contributed by atoms with E-state index in [1.165, 1.54) is 12.1 Å². The number of rotatable bonds is 1. The van der Waals surface area contributed by atoms with Crippen LogP contribution in [0.5, 0.6) is 0 Å². The smallest absolute Gasteiger partial charge is 0.174 e. The number of hydrogen-bond acceptors (Lipinski definition) is 2. The highest BCUT2D eigenvalue weighted by atomic mass is 35.5. The van der Waals surface area contributed by atoms with Crippen molar-refractivity contribution in [2.75, 3.05) is 0 Å². The van der Waals surface area contributed by atoms with Gasteiger partial charge in [-0.25, -0.2) is 0 Å². The van der Waals surface area contributed by atoms with E-state index in [0.29, 0.717) is 10.6 Å². The molecule has 5 nitrogen and oxygen atoms in total. The summed E-state index contributed by atoms with van der Waals surface area (Å²) >= 11 is 11.4. The van der Waals surface area contributed by atoms with Crippen molar-refractivity contribution in [2.45, 2.75) is 0 Å². The molecule has 0 heterocycles. The average Bonchev–Trinajstić information content (AvgIpc) is 2.15. The second-order valence-electron chi connectivity index (χ2n) is 2.24. The standard InChI is InChI=1S/C7H4Cl2N4O/c8-4-1-2-5(6(9)3-4)7(12-14)11-13-10/h1-3,14H/b12-7-. The first-order chi connectivity index (χ1) is 6.69. The van der Waals surface area contributed by atoms with E-state index in [4.69, 9.17) is 33.9 Å². The molecule has 14 heavy (non-hydrogen) atoms. The van der Waals surface area contributed by atoms with Crippen molar-refractivity contribution in [1.82, 2.24) is 0 Å². The van der Waals surface area contributed by atoms with E-state index in [2.05, 4.69) is 15.2 Å². The number of hydrogen-bond donors (Lipinski definition) is 1.